The number of hydrogen-bond acceptors (Lipinski definition) is 3. The quantitative estimate of drug-likeness (QED) is 0.918. The van der Waals surface area contributed by atoms with Crippen molar-refractivity contribution < 1.29 is 14.2 Å². The van der Waals surface area contributed by atoms with Gasteiger partial charge in [0.15, 0.2) is 11.6 Å². The molecule has 4 heteroatoms. The normalized spacial score (nSPS) is 12.4. The summed E-state index contributed by atoms with van der Waals surface area (Å²) in [6.07, 6.45) is -0.183. The fraction of sp³-hybridized carbons (Fsp3) is 0.286. The minimum atomic E-state index is -0.587. The van der Waals surface area contributed by atoms with Crippen LogP contribution in [0.5, 0.6) is 5.75 Å². The molecule has 0 aliphatic rings. The topological polar surface area (TPSA) is 29.5 Å². The van der Waals surface area contributed by atoms with E-state index in [1.807, 2.05) is 19.1 Å². The van der Waals surface area contributed by atoms with Crippen LogP contribution >= 0.6 is 11.3 Å². The number of aliphatic hydroxyl groups is 1. The Balaban J connectivity index is 2.12. The second-order valence-corrected chi connectivity index (χ2v) is 5.46. The Morgan fingerprint density at radius 3 is 2.67 bits per heavy atom. The molecule has 18 heavy (non-hydrogen) atoms. The van der Waals surface area contributed by atoms with E-state index in [9.17, 15) is 9.50 Å². The van der Waals surface area contributed by atoms with Crippen LogP contribution in [0.15, 0.2) is 30.3 Å². The first-order valence-electron chi connectivity index (χ1n) is 5.67. The zero-order valence-electron chi connectivity index (χ0n) is 10.3. The van der Waals surface area contributed by atoms with Gasteiger partial charge in [0.2, 0.25) is 0 Å². The molecular formula is C14H15FO2S. The monoisotopic (exact) mass is 266 g/mol. The average molecular weight is 266 g/mol. The Morgan fingerprint density at radius 2 is 2.11 bits per heavy atom. The number of halogens is 1. The van der Waals surface area contributed by atoms with Crippen molar-refractivity contribution in [2.75, 3.05) is 7.11 Å². The lowest BCUT2D eigenvalue weighted by Crippen LogP contribution is -2.00. The number of ether oxygens (including phenoxy) is 1. The maximum absolute atomic E-state index is 13.5. The molecule has 0 amide bonds. The van der Waals surface area contributed by atoms with Gasteiger partial charge in [0.05, 0.1) is 13.2 Å². The molecular weight excluding hydrogens is 251 g/mol. The highest BCUT2D eigenvalue weighted by atomic mass is 32.1. The molecule has 0 saturated heterocycles. The van der Waals surface area contributed by atoms with E-state index in [1.54, 1.807) is 23.5 Å². The van der Waals surface area contributed by atoms with Gasteiger partial charge in [-0.05, 0) is 36.8 Å². The summed E-state index contributed by atoms with van der Waals surface area (Å²) in [6, 6.07) is 8.63. The van der Waals surface area contributed by atoms with Crippen molar-refractivity contribution in [1.82, 2.24) is 0 Å². The molecule has 1 atom stereocenters. The standard InChI is InChI=1S/C14H15FO2S/c1-9-3-6-14(18-9)12(16)8-10-4-5-13(17-2)11(15)7-10/h3-7,12,16H,8H2,1-2H3. The maximum Gasteiger partial charge on any atom is 0.165 e. The number of thiophene rings is 1. The molecule has 0 aliphatic carbocycles. The lowest BCUT2D eigenvalue weighted by molar-refractivity contribution is 0.182. The first-order valence-corrected chi connectivity index (χ1v) is 6.48. The summed E-state index contributed by atoms with van der Waals surface area (Å²) in [5.41, 5.74) is 0.756. The molecule has 1 N–H and O–H groups in total. The zero-order chi connectivity index (χ0) is 13.1. The molecule has 1 aromatic heterocycles. The SMILES string of the molecule is COc1ccc(CC(O)c2ccc(C)s2)cc1F. The van der Waals surface area contributed by atoms with Gasteiger partial charge in [0.1, 0.15) is 0 Å². The van der Waals surface area contributed by atoms with Gasteiger partial charge in [-0.2, -0.15) is 0 Å². The van der Waals surface area contributed by atoms with Crippen molar-refractivity contribution in [3.05, 3.63) is 51.5 Å². The summed E-state index contributed by atoms with van der Waals surface area (Å²) in [4.78, 5) is 2.06. The lowest BCUT2D eigenvalue weighted by Gasteiger charge is -2.09. The first kappa shape index (κ1) is 13.1. The molecule has 1 unspecified atom stereocenters. The van der Waals surface area contributed by atoms with Crippen LogP contribution < -0.4 is 4.74 Å². The van der Waals surface area contributed by atoms with Crippen LogP contribution in [0.3, 0.4) is 0 Å². The van der Waals surface area contributed by atoms with Gasteiger partial charge in [-0.1, -0.05) is 6.07 Å². The Bertz CT molecular complexity index is 536. The number of aryl methyl sites for hydroxylation is 1. The number of methoxy groups -OCH3 is 1. The van der Waals surface area contributed by atoms with Crippen molar-refractivity contribution in [1.29, 1.82) is 0 Å². The van der Waals surface area contributed by atoms with E-state index in [0.717, 1.165) is 15.3 Å². The Labute approximate surface area is 110 Å². The predicted octanol–water partition coefficient (Wildman–Crippen LogP) is 3.48. The summed E-state index contributed by atoms with van der Waals surface area (Å²) in [5.74, 6) is -0.176. The van der Waals surface area contributed by atoms with Gasteiger partial charge in [-0.15, -0.1) is 11.3 Å². The van der Waals surface area contributed by atoms with Crippen LogP contribution in [0.25, 0.3) is 0 Å². The third-order valence-corrected chi connectivity index (χ3v) is 3.84. The van der Waals surface area contributed by atoms with E-state index in [-0.39, 0.29) is 5.75 Å². The Kier molecular flexibility index (Phi) is 3.99. The molecule has 2 aromatic rings. The molecule has 0 radical (unpaired) electrons. The van der Waals surface area contributed by atoms with E-state index >= 15 is 0 Å². The predicted molar refractivity (Wildman–Crippen MR) is 70.7 cm³/mol. The molecule has 0 fully saturated rings. The van der Waals surface area contributed by atoms with Gasteiger partial charge in [0, 0.05) is 16.2 Å². The van der Waals surface area contributed by atoms with Gasteiger partial charge in [-0.3, -0.25) is 0 Å². The Hall–Kier alpha value is -1.39. The van der Waals surface area contributed by atoms with E-state index in [4.69, 9.17) is 4.74 Å². The van der Waals surface area contributed by atoms with Gasteiger partial charge < -0.3 is 9.84 Å². The van der Waals surface area contributed by atoms with E-state index in [2.05, 4.69) is 0 Å². The highest BCUT2D eigenvalue weighted by Gasteiger charge is 2.12. The largest absolute Gasteiger partial charge is 0.494 e. The van der Waals surface area contributed by atoms with Crippen molar-refractivity contribution in [2.45, 2.75) is 19.4 Å². The van der Waals surface area contributed by atoms with Crippen molar-refractivity contribution >= 4 is 11.3 Å². The summed E-state index contributed by atoms with van der Waals surface area (Å²) >= 11 is 1.56. The fourth-order valence-electron chi connectivity index (χ4n) is 1.79. The van der Waals surface area contributed by atoms with Crippen molar-refractivity contribution in [3.63, 3.8) is 0 Å². The summed E-state index contributed by atoms with van der Waals surface area (Å²) in [6.45, 7) is 1.99. The smallest absolute Gasteiger partial charge is 0.165 e. The molecule has 1 heterocycles. The number of aliphatic hydroxyl groups excluding tert-OH is 1. The molecule has 0 spiro atoms. The molecule has 0 aliphatic heterocycles. The number of rotatable bonds is 4. The van der Waals surface area contributed by atoms with Crippen LogP contribution in [0.2, 0.25) is 0 Å². The third kappa shape index (κ3) is 2.89. The van der Waals surface area contributed by atoms with E-state index in [1.165, 1.54) is 13.2 Å². The highest BCUT2D eigenvalue weighted by Crippen LogP contribution is 2.27. The van der Waals surface area contributed by atoms with E-state index in [0.29, 0.717) is 6.42 Å². The molecule has 96 valence electrons. The van der Waals surface area contributed by atoms with Gasteiger partial charge >= 0.3 is 0 Å². The van der Waals surface area contributed by atoms with Crippen molar-refractivity contribution in [2.24, 2.45) is 0 Å². The average Bonchev–Trinajstić information content (AvgIpc) is 2.76. The third-order valence-electron chi connectivity index (χ3n) is 2.73. The minimum absolute atomic E-state index is 0.222. The fourth-order valence-corrected chi connectivity index (χ4v) is 2.66. The molecule has 0 bridgehead atoms. The zero-order valence-corrected chi connectivity index (χ0v) is 11.1. The number of benzene rings is 1. The summed E-state index contributed by atoms with van der Waals surface area (Å²) in [7, 11) is 1.43. The molecule has 1 aromatic carbocycles. The highest BCUT2D eigenvalue weighted by molar-refractivity contribution is 7.12. The van der Waals surface area contributed by atoms with Gasteiger partial charge in [0.25, 0.3) is 0 Å². The second-order valence-electron chi connectivity index (χ2n) is 4.14. The first-order chi connectivity index (χ1) is 8.60. The second kappa shape index (κ2) is 5.50. The summed E-state index contributed by atoms with van der Waals surface area (Å²) < 4.78 is 18.4. The summed E-state index contributed by atoms with van der Waals surface area (Å²) in [5, 5.41) is 10.1. The maximum atomic E-state index is 13.5. The van der Waals surface area contributed by atoms with Crippen LogP contribution in [-0.4, -0.2) is 12.2 Å². The van der Waals surface area contributed by atoms with Crippen LogP contribution in [0, 0.1) is 12.7 Å². The minimum Gasteiger partial charge on any atom is -0.494 e. The van der Waals surface area contributed by atoms with Crippen LogP contribution in [0.1, 0.15) is 21.4 Å². The van der Waals surface area contributed by atoms with Crippen LogP contribution in [-0.2, 0) is 6.42 Å². The Morgan fingerprint density at radius 1 is 1.33 bits per heavy atom. The molecule has 2 nitrogen and oxygen atoms in total. The molecule has 0 saturated carbocycles. The van der Waals surface area contributed by atoms with Crippen molar-refractivity contribution in [3.8, 4) is 5.75 Å². The lowest BCUT2D eigenvalue weighted by atomic mass is 10.1. The van der Waals surface area contributed by atoms with Crippen LogP contribution in [0.4, 0.5) is 4.39 Å². The molecule has 2 rings (SSSR count). The number of hydrogen-bond donors (Lipinski definition) is 1. The van der Waals surface area contributed by atoms with E-state index < -0.39 is 11.9 Å². The van der Waals surface area contributed by atoms with Gasteiger partial charge in [-0.25, -0.2) is 4.39 Å².